The minimum atomic E-state index is 0.349. The highest BCUT2D eigenvalue weighted by Gasteiger charge is 2.25. The molecule has 2 N–H and O–H groups in total. The fraction of sp³-hybridized carbons (Fsp3) is 0.714. The summed E-state index contributed by atoms with van der Waals surface area (Å²) in [6, 6.07) is 1.77. The minimum Gasteiger partial charge on any atom is -0.384 e. The van der Waals surface area contributed by atoms with Crippen LogP contribution in [0.1, 0.15) is 44.6 Å². The highest BCUT2D eigenvalue weighted by molar-refractivity contribution is 5.28. The molecule has 1 heterocycles. The number of ether oxygens (including phenoxy) is 1. The molecule has 4 heteroatoms. The van der Waals surface area contributed by atoms with Crippen molar-refractivity contribution in [3.8, 4) is 0 Å². The zero-order valence-electron chi connectivity index (χ0n) is 11.5. The predicted molar refractivity (Wildman–Crippen MR) is 71.9 cm³/mol. The Morgan fingerprint density at radius 2 is 2.06 bits per heavy atom. The lowest BCUT2D eigenvalue weighted by Gasteiger charge is -2.31. The summed E-state index contributed by atoms with van der Waals surface area (Å²) in [5.74, 6) is 2.77. The molecular weight excluding hydrogens is 226 g/mol. The largest absolute Gasteiger partial charge is 0.384 e. The summed E-state index contributed by atoms with van der Waals surface area (Å²) in [6.45, 7) is 7.02. The Kier molecular flexibility index (Phi) is 4.17. The minimum absolute atomic E-state index is 0.349. The molecule has 1 aliphatic rings. The van der Waals surface area contributed by atoms with E-state index in [4.69, 9.17) is 10.5 Å². The molecule has 1 saturated carbocycles. The molecule has 1 fully saturated rings. The number of nitrogens with zero attached hydrogens (tertiary/aromatic N) is 2. The van der Waals surface area contributed by atoms with E-state index in [1.54, 1.807) is 6.07 Å². The SMILES string of the molecule is Cc1cc(N)nc(COC2CCC(C)C(C)C2)n1. The van der Waals surface area contributed by atoms with Gasteiger partial charge in [0.2, 0.25) is 0 Å². The van der Waals surface area contributed by atoms with Gasteiger partial charge in [0, 0.05) is 11.8 Å². The molecule has 1 aliphatic carbocycles. The van der Waals surface area contributed by atoms with Gasteiger partial charge in [0.15, 0.2) is 5.82 Å². The zero-order chi connectivity index (χ0) is 13.1. The molecule has 0 saturated heterocycles. The molecule has 100 valence electrons. The van der Waals surface area contributed by atoms with Crippen molar-refractivity contribution in [1.82, 2.24) is 9.97 Å². The first-order chi connectivity index (χ1) is 8.54. The van der Waals surface area contributed by atoms with Crippen molar-refractivity contribution in [3.63, 3.8) is 0 Å². The van der Waals surface area contributed by atoms with E-state index < -0.39 is 0 Å². The number of nitrogen functional groups attached to an aromatic ring is 1. The Labute approximate surface area is 109 Å². The molecule has 0 aromatic carbocycles. The molecule has 2 rings (SSSR count). The van der Waals surface area contributed by atoms with Gasteiger partial charge in [-0.1, -0.05) is 13.8 Å². The molecule has 0 amide bonds. The molecule has 1 aromatic rings. The standard InChI is InChI=1S/C14H23N3O/c1-9-4-5-12(6-10(9)2)18-8-14-16-11(3)7-13(15)17-14/h7,9-10,12H,4-6,8H2,1-3H3,(H2,15,16,17). The fourth-order valence-corrected chi connectivity index (χ4v) is 2.56. The highest BCUT2D eigenvalue weighted by Crippen LogP contribution is 2.31. The number of aromatic nitrogens is 2. The highest BCUT2D eigenvalue weighted by atomic mass is 16.5. The maximum atomic E-state index is 5.92. The van der Waals surface area contributed by atoms with Gasteiger partial charge in [-0.2, -0.15) is 0 Å². The van der Waals surface area contributed by atoms with E-state index in [9.17, 15) is 0 Å². The second-order valence-corrected chi connectivity index (χ2v) is 5.55. The van der Waals surface area contributed by atoms with Crippen LogP contribution in [0.5, 0.6) is 0 Å². The molecular formula is C14H23N3O. The topological polar surface area (TPSA) is 61.0 Å². The Balaban J connectivity index is 1.88. The monoisotopic (exact) mass is 249 g/mol. The number of hydrogen-bond donors (Lipinski definition) is 1. The van der Waals surface area contributed by atoms with Crippen LogP contribution >= 0.6 is 0 Å². The van der Waals surface area contributed by atoms with E-state index in [2.05, 4.69) is 23.8 Å². The second kappa shape index (κ2) is 5.65. The molecule has 1 aromatic heterocycles. The normalized spacial score (nSPS) is 28.3. The van der Waals surface area contributed by atoms with Gasteiger partial charge >= 0.3 is 0 Å². The van der Waals surface area contributed by atoms with Crippen molar-refractivity contribution in [2.45, 2.75) is 52.7 Å². The van der Waals surface area contributed by atoms with Gasteiger partial charge in [0.25, 0.3) is 0 Å². The lowest BCUT2D eigenvalue weighted by atomic mass is 9.80. The summed E-state index contributed by atoms with van der Waals surface area (Å²) < 4.78 is 5.92. The molecule has 0 spiro atoms. The number of hydrogen-bond acceptors (Lipinski definition) is 4. The van der Waals surface area contributed by atoms with Crippen molar-refractivity contribution in [2.75, 3.05) is 5.73 Å². The maximum Gasteiger partial charge on any atom is 0.156 e. The summed E-state index contributed by atoms with van der Waals surface area (Å²) in [7, 11) is 0. The fourth-order valence-electron chi connectivity index (χ4n) is 2.56. The quantitative estimate of drug-likeness (QED) is 0.894. The van der Waals surface area contributed by atoms with E-state index in [-0.39, 0.29) is 0 Å². The summed E-state index contributed by atoms with van der Waals surface area (Å²) in [6.07, 6.45) is 3.89. The number of aryl methyl sites for hydroxylation is 1. The van der Waals surface area contributed by atoms with Crippen LogP contribution in [-0.2, 0) is 11.3 Å². The van der Waals surface area contributed by atoms with Crippen molar-refractivity contribution in [3.05, 3.63) is 17.6 Å². The van der Waals surface area contributed by atoms with Gasteiger partial charge in [-0.25, -0.2) is 9.97 Å². The molecule has 3 unspecified atom stereocenters. The Bertz CT molecular complexity index is 388. The van der Waals surface area contributed by atoms with Crippen LogP contribution in [0.4, 0.5) is 5.82 Å². The lowest BCUT2D eigenvalue weighted by Crippen LogP contribution is -2.26. The van der Waals surface area contributed by atoms with Gasteiger partial charge in [0.05, 0.1) is 6.10 Å². The van der Waals surface area contributed by atoms with Crippen molar-refractivity contribution in [1.29, 1.82) is 0 Å². The van der Waals surface area contributed by atoms with E-state index in [0.29, 0.717) is 24.4 Å². The van der Waals surface area contributed by atoms with Crippen LogP contribution in [0.25, 0.3) is 0 Å². The Morgan fingerprint density at radius 1 is 1.28 bits per heavy atom. The average Bonchev–Trinajstić information content (AvgIpc) is 2.29. The van der Waals surface area contributed by atoms with Crippen LogP contribution < -0.4 is 5.73 Å². The van der Waals surface area contributed by atoms with Crippen LogP contribution in [0.3, 0.4) is 0 Å². The Hall–Kier alpha value is -1.16. The first-order valence-electron chi connectivity index (χ1n) is 6.76. The molecule has 4 nitrogen and oxygen atoms in total. The van der Waals surface area contributed by atoms with E-state index in [0.717, 1.165) is 30.4 Å². The van der Waals surface area contributed by atoms with E-state index in [1.807, 2.05) is 6.92 Å². The lowest BCUT2D eigenvalue weighted by molar-refractivity contribution is -0.0102. The van der Waals surface area contributed by atoms with Gasteiger partial charge in [-0.3, -0.25) is 0 Å². The third kappa shape index (κ3) is 3.42. The van der Waals surface area contributed by atoms with E-state index >= 15 is 0 Å². The first-order valence-corrected chi connectivity index (χ1v) is 6.76. The van der Waals surface area contributed by atoms with Crippen LogP contribution in [0, 0.1) is 18.8 Å². The second-order valence-electron chi connectivity index (χ2n) is 5.55. The number of anilines is 1. The molecule has 3 atom stereocenters. The van der Waals surface area contributed by atoms with E-state index in [1.165, 1.54) is 6.42 Å². The first kappa shape index (κ1) is 13.3. The van der Waals surface area contributed by atoms with Gasteiger partial charge < -0.3 is 10.5 Å². The smallest absolute Gasteiger partial charge is 0.156 e. The average molecular weight is 249 g/mol. The van der Waals surface area contributed by atoms with Gasteiger partial charge in [0.1, 0.15) is 12.4 Å². The third-order valence-corrected chi connectivity index (χ3v) is 3.92. The Morgan fingerprint density at radius 3 is 2.72 bits per heavy atom. The van der Waals surface area contributed by atoms with Crippen molar-refractivity contribution < 1.29 is 4.74 Å². The predicted octanol–water partition coefficient (Wildman–Crippen LogP) is 2.71. The summed E-state index contributed by atoms with van der Waals surface area (Å²) >= 11 is 0. The molecule has 0 bridgehead atoms. The van der Waals surface area contributed by atoms with Gasteiger partial charge in [-0.05, 0) is 38.0 Å². The number of nitrogens with two attached hydrogens (primary N) is 1. The maximum absolute atomic E-state index is 5.92. The van der Waals surface area contributed by atoms with Crippen LogP contribution in [0.2, 0.25) is 0 Å². The van der Waals surface area contributed by atoms with Crippen molar-refractivity contribution in [2.24, 2.45) is 11.8 Å². The molecule has 0 radical (unpaired) electrons. The van der Waals surface area contributed by atoms with Crippen molar-refractivity contribution >= 4 is 5.82 Å². The summed E-state index contributed by atoms with van der Waals surface area (Å²) in [5.41, 5.74) is 6.60. The van der Waals surface area contributed by atoms with Gasteiger partial charge in [-0.15, -0.1) is 0 Å². The van der Waals surface area contributed by atoms with Crippen LogP contribution in [0.15, 0.2) is 6.07 Å². The van der Waals surface area contributed by atoms with Crippen LogP contribution in [-0.4, -0.2) is 16.1 Å². The third-order valence-electron chi connectivity index (χ3n) is 3.92. The summed E-state index contributed by atoms with van der Waals surface area (Å²) in [5, 5.41) is 0. The molecule has 0 aliphatic heterocycles. The number of rotatable bonds is 3. The summed E-state index contributed by atoms with van der Waals surface area (Å²) in [4.78, 5) is 8.53. The zero-order valence-corrected chi connectivity index (χ0v) is 11.5. The molecule has 18 heavy (non-hydrogen) atoms.